The van der Waals surface area contributed by atoms with Gasteiger partial charge in [0.25, 0.3) is 17.7 Å². The molecule has 2 aromatic rings. The van der Waals surface area contributed by atoms with Crippen LogP contribution in [0.2, 0.25) is 0 Å². The van der Waals surface area contributed by atoms with Crippen LogP contribution in [-0.2, 0) is 6.54 Å². The first-order valence-electron chi connectivity index (χ1n) is 10.5. The van der Waals surface area contributed by atoms with Gasteiger partial charge >= 0.3 is 0 Å². The van der Waals surface area contributed by atoms with Gasteiger partial charge in [-0.05, 0) is 61.9 Å². The summed E-state index contributed by atoms with van der Waals surface area (Å²) in [6.07, 6.45) is 8.44. The van der Waals surface area contributed by atoms with Crippen molar-refractivity contribution in [3.8, 4) is 0 Å². The molecular formula is C23H24N2O4. The number of furan rings is 1. The lowest BCUT2D eigenvalue weighted by atomic mass is 9.78. The van der Waals surface area contributed by atoms with Gasteiger partial charge in [-0.25, -0.2) is 0 Å². The van der Waals surface area contributed by atoms with Gasteiger partial charge in [0, 0.05) is 18.2 Å². The van der Waals surface area contributed by atoms with Crippen LogP contribution < -0.4 is 0 Å². The molecule has 1 aliphatic carbocycles. The topological polar surface area (TPSA) is 70.8 Å². The van der Waals surface area contributed by atoms with E-state index in [1.807, 2.05) is 4.90 Å². The van der Waals surface area contributed by atoms with Crippen molar-refractivity contribution in [1.82, 2.24) is 9.80 Å². The molecule has 2 atom stereocenters. The number of likely N-dealkylation sites (tertiary alicyclic amines) is 1. The van der Waals surface area contributed by atoms with E-state index in [2.05, 4.69) is 0 Å². The Morgan fingerprint density at radius 2 is 1.79 bits per heavy atom. The van der Waals surface area contributed by atoms with Gasteiger partial charge in [0.15, 0.2) is 0 Å². The van der Waals surface area contributed by atoms with Crippen molar-refractivity contribution in [2.45, 2.75) is 51.1 Å². The molecule has 2 unspecified atom stereocenters. The number of carbonyl (C=O) groups is 3. The number of amides is 3. The van der Waals surface area contributed by atoms with Crippen molar-refractivity contribution in [3.63, 3.8) is 0 Å². The molecule has 3 aliphatic rings. The van der Waals surface area contributed by atoms with Crippen molar-refractivity contribution >= 4 is 17.7 Å². The molecule has 0 N–H and O–H groups in total. The van der Waals surface area contributed by atoms with Crippen LogP contribution in [0.15, 0.2) is 41.0 Å². The summed E-state index contributed by atoms with van der Waals surface area (Å²) in [5, 5.41) is 0. The lowest BCUT2D eigenvalue weighted by molar-refractivity contribution is 0.0390. The molecule has 150 valence electrons. The van der Waals surface area contributed by atoms with Gasteiger partial charge in [-0.2, -0.15) is 0 Å². The second kappa shape index (κ2) is 7.17. The van der Waals surface area contributed by atoms with Gasteiger partial charge in [0.2, 0.25) is 0 Å². The number of hydrogen-bond acceptors (Lipinski definition) is 4. The first kappa shape index (κ1) is 18.2. The Balaban J connectivity index is 1.40. The van der Waals surface area contributed by atoms with Crippen LogP contribution in [-0.4, -0.2) is 40.1 Å². The monoisotopic (exact) mass is 392 g/mol. The normalized spacial score (nSPS) is 23.9. The summed E-state index contributed by atoms with van der Waals surface area (Å²) in [5.74, 6) is 0.417. The maximum absolute atomic E-state index is 13.3. The van der Waals surface area contributed by atoms with Crippen molar-refractivity contribution < 1.29 is 18.8 Å². The largest absolute Gasteiger partial charge is 0.467 e. The van der Waals surface area contributed by atoms with E-state index in [0.717, 1.165) is 19.4 Å². The second-order valence-corrected chi connectivity index (χ2v) is 8.29. The van der Waals surface area contributed by atoms with E-state index < -0.39 is 0 Å². The first-order valence-corrected chi connectivity index (χ1v) is 10.5. The number of piperidine rings is 1. The highest BCUT2D eigenvalue weighted by Crippen LogP contribution is 2.36. The van der Waals surface area contributed by atoms with Gasteiger partial charge in [-0.1, -0.05) is 12.8 Å². The van der Waals surface area contributed by atoms with Crippen LogP contribution >= 0.6 is 0 Å². The molecule has 1 saturated carbocycles. The van der Waals surface area contributed by atoms with E-state index in [9.17, 15) is 14.4 Å². The zero-order chi connectivity index (χ0) is 20.0. The van der Waals surface area contributed by atoms with E-state index >= 15 is 0 Å². The molecule has 2 aliphatic heterocycles. The van der Waals surface area contributed by atoms with Gasteiger partial charge in [-0.3, -0.25) is 19.3 Å². The Hall–Kier alpha value is -2.89. The summed E-state index contributed by atoms with van der Waals surface area (Å²) < 4.78 is 5.28. The summed E-state index contributed by atoms with van der Waals surface area (Å²) in [6, 6.07) is 8.68. The quantitative estimate of drug-likeness (QED) is 0.744. The molecule has 0 spiro atoms. The third-order valence-corrected chi connectivity index (χ3v) is 6.62. The standard InChI is InChI=1S/C23H24N2O4/c26-21(24-11-3-6-15-5-1-2-8-20(15)24)16-9-10-18-19(13-16)23(28)25(22(18)27)14-17-7-4-12-29-17/h4,7,9-10,12-13,15,20H,1-3,5-6,8,11,14H2. The minimum atomic E-state index is -0.370. The number of benzene rings is 1. The number of carbonyl (C=O) groups excluding carboxylic acids is 3. The predicted molar refractivity (Wildman–Crippen MR) is 105 cm³/mol. The van der Waals surface area contributed by atoms with Gasteiger partial charge in [-0.15, -0.1) is 0 Å². The zero-order valence-corrected chi connectivity index (χ0v) is 16.3. The van der Waals surface area contributed by atoms with E-state index in [1.54, 1.807) is 30.3 Å². The van der Waals surface area contributed by atoms with Gasteiger partial charge < -0.3 is 9.32 Å². The second-order valence-electron chi connectivity index (χ2n) is 8.29. The zero-order valence-electron chi connectivity index (χ0n) is 16.3. The summed E-state index contributed by atoms with van der Waals surface area (Å²) >= 11 is 0. The summed E-state index contributed by atoms with van der Waals surface area (Å²) in [6.45, 7) is 0.868. The fourth-order valence-electron chi connectivity index (χ4n) is 5.17. The van der Waals surface area contributed by atoms with E-state index in [1.165, 1.54) is 36.8 Å². The third-order valence-electron chi connectivity index (χ3n) is 6.62. The Morgan fingerprint density at radius 1 is 1.00 bits per heavy atom. The molecule has 5 rings (SSSR count). The first-order chi connectivity index (χ1) is 14.1. The average molecular weight is 392 g/mol. The molecule has 29 heavy (non-hydrogen) atoms. The highest BCUT2D eigenvalue weighted by molar-refractivity contribution is 6.22. The summed E-state index contributed by atoms with van der Waals surface area (Å²) in [7, 11) is 0. The molecule has 6 nitrogen and oxygen atoms in total. The fraction of sp³-hybridized carbons (Fsp3) is 0.435. The fourth-order valence-corrected chi connectivity index (χ4v) is 5.17. The lowest BCUT2D eigenvalue weighted by Gasteiger charge is -2.44. The summed E-state index contributed by atoms with van der Waals surface area (Å²) in [5.41, 5.74) is 1.16. The number of nitrogens with zero attached hydrogens (tertiary/aromatic N) is 2. The Kier molecular flexibility index (Phi) is 4.49. The SMILES string of the molecule is O=C1c2ccc(C(=O)N3CCCC4CCCCC43)cc2C(=O)N1Cc1ccco1. The minimum Gasteiger partial charge on any atom is -0.467 e. The van der Waals surface area contributed by atoms with Gasteiger partial charge in [0.1, 0.15) is 5.76 Å². The minimum absolute atomic E-state index is 0.0193. The maximum Gasteiger partial charge on any atom is 0.261 e. The van der Waals surface area contributed by atoms with E-state index in [0.29, 0.717) is 34.4 Å². The predicted octanol–water partition coefficient (Wildman–Crippen LogP) is 3.87. The van der Waals surface area contributed by atoms with Crippen LogP contribution in [0.3, 0.4) is 0 Å². The average Bonchev–Trinajstić information content (AvgIpc) is 3.36. The van der Waals surface area contributed by atoms with Crippen LogP contribution in [0.1, 0.15) is 75.4 Å². The molecule has 2 fully saturated rings. The van der Waals surface area contributed by atoms with E-state index in [-0.39, 0.29) is 24.3 Å². The Labute approximate surface area is 169 Å². The molecule has 0 bridgehead atoms. The maximum atomic E-state index is 13.3. The van der Waals surface area contributed by atoms with E-state index in [4.69, 9.17) is 4.42 Å². The lowest BCUT2D eigenvalue weighted by Crippen LogP contribution is -2.49. The highest BCUT2D eigenvalue weighted by atomic mass is 16.3. The Bertz CT molecular complexity index is 963. The molecule has 1 aromatic heterocycles. The molecule has 1 saturated heterocycles. The molecule has 3 amide bonds. The van der Waals surface area contributed by atoms with Crippen molar-refractivity contribution in [3.05, 3.63) is 59.0 Å². The van der Waals surface area contributed by atoms with Crippen LogP contribution in [0, 0.1) is 5.92 Å². The summed E-state index contributed by atoms with van der Waals surface area (Å²) in [4.78, 5) is 42.0. The van der Waals surface area contributed by atoms with Gasteiger partial charge in [0.05, 0.1) is 23.9 Å². The van der Waals surface area contributed by atoms with Crippen molar-refractivity contribution in [2.75, 3.05) is 6.54 Å². The van der Waals surface area contributed by atoms with Crippen molar-refractivity contribution in [2.24, 2.45) is 5.92 Å². The molecule has 1 aromatic carbocycles. The number of fused-ring (bicyclic) bond motifs is 2. The molecule has 3 heterocycles. The Morgan fingerprint density at radius 3 is 2.62 bits per heavy atom. The molecule has 6 heteroatoms. The molecular weight excluding hydrogens is 368 g/mol. The van der Waals surface area contributed by atoms with Crippen LogP contribution in [0.25, 0.3) is 0 Å². The molecule has 0 radical (unpaired) electrons. The van der Waals surface area contributed by atoms with Crippen LogP contribution in [0.5, 0.6) is 0 Å². The third kappa shape index (κ3) is 3.07. The van der Waals surface area contributed by atoms with Crippen molar-refractivity contribution in [1.29, 1.82) is 0 Å². The number of rotatable bonds is 3. The highest BCUT2D eigenvalue weighted by Gasteiger charge is 2.39. The van der Waals surface area contributed by atoms with Crippen LogP contribution in [0.4, 0.5) is 0 Å². The smallest absolute Gasteiger partial charge is 0.261 e. The number of hydrogen-bond donors (Lipinski definition) is 0. The number of imide groups is 1.